The lowest BCUT2D eigenvalue weighted by Crippen LogP contribution is -2.47. The first kappa shape index (κ1) is 15.8. The second-order valence-corrected chi connectivity index (χ2v) is 5.43. The van der Waals surface area contributed by atoms with Gasteiger partial charge in [0.1, 0.15) is 0 Å². The van der Waals surface area contributed by atoms with Gasteiger partial charge in [0.25, 0.3) is 0 Å². The van der Waals surface area contributed by atoms with Gasteiger partial charge in [-0.3, -0.25) is 9.69 Å². The maximum absolute atomic E-state index is 11.9. The molecular formula is C16H25N3O2. The molecule has 1 aliphatic rings. The molecule has 5 heteroatoms. The topological polar surface area (TPSA) is 67.6 Å². The van der Waals surface area contributed by atoms with Crippen LogP contribution in [0.5, 0.6) is 0 Å². The van der Waals surface area contributed by atoms with E-state index in [1.54, 1.807) is 0 Å². The number of anilines is 1. The maximum Gasteiger partial charge on any atom is 0.220 e. The Kier molecular flexibility index (Phi) is 6.02. The average Bonchev–Trinajstić information content (AvgIpc) is 2.52. The highest BCUT2D eigenvalue weighted by molar-refractivity contribution is 5.76. The van der Waals surface area contributed by atoms with Gasteiger partial charge in [-0.05, 0) is 30.7 Å². The molecule has 1 amide bonds. The number of carbonyl (C=O) groups is 1. The number of nitrogen functional groups attached to an aromatic ring is 1. The molecule has 5 nitrogen and oxygen atoms in total. The van der Waals surface area contributed by atoms with Gasteiger partial charge in [0.05, 0.1) is 12.7 Å². The minimum atomic E-state index is 0.0732. The van der Waals surface area contributed by atoms with Crippen LogP contribution in [0.3, 0.4) is 0 Å². The predicted octanol–water partition coefficient (Wildman–Crippen LogP) is 1.04. The van der Waals surface area contributed by atoms with Crippen LogP contribution in [0.4, 0.5) is 5.69 Å². The van der Waals surface area contributed by atoms with Gasteiger partial charge in [0.15, 0.2) is 0 Å². The lowest BCUT2D eigenvalue weighted by molar-refractivity contribution is -0.122. The van der Waals surface area contributed by atoms with Gasteiger partial charge in [-0.2, -0.15) is 0 Å². The standard InChI is InChI=1S/C16H25N3O2/c1-2-19-9-10-21-15(12-19)11-18-16(20)8-5-13-3-6-14(17)7-4-13/h3-4,6-7,15H,2,5,8-12,17H2,1H3,(H,18,20). The number of amides is 1. The quantitative estimate of drug-likeness (QED) is 0.769. The third-order valence-electron chi connectivity index (χ3n) is 3.82. The Hall–Kier alpha value is -1.59. The molecule has 1 aromatic rings. The fourth-order valence-electron chi connectivity index (χ4n) is 2.45. The third-order valence-corrected chi connectivity index (χ3v) is 3.82. The number of nitrogens with one attached hydrogen (secondary N) is 1. The first-order valence-electron chi connectivity index (χ1n) is 7.62. The molecule has 0 aliphatic carbocycles. The lowest BCUT2D eigenvalue weighted by atomic mass is 10.1. The summed E-state index contributed by atoms with van der Waals surface area (Å²) in [6.07, 6.45) is 1.34. The summed E-state index contributed by atoms with van der Waals surface area (Å²) < 4.78 is 5.67. The average molecular weight is 291 g/mol. The molecule has 0 spiro atoms. The largest absolute Gasteiger partial charge is 0.399 e. The number of nitrogens with two attached hydrogens (primary N) is 1. The molecule has 1 aliphatic heterocycles. The Morgan fingerprint density at radius 2 is 2.19 bits per heavy atom. The van der Waals surface area contributed by atoms with Crippen molar-refractivity contribution in [3.05, 3.63) is 29.8 Å². The molecule has 3 N–H and O–H groups in total. The Morgan fingerprint density at radius 3 is 2.90 bits per heavy atom. The molecule has 1 fully saturated rings. The summed E-state index contributed by atoms with van der Waals surface area (Å²) in [7, 11) is 0. The Balaban J connectivity index is 1.66. The van der Waals surface area contributed by atoms with Gasteiger partial charge in [0, 0.05) is 31.7 Å². The van der Waals surface area contributed by atoms with Crippen molar-refractivity contribution >= 4 is 11.6 Å². The molecule has 1 heterocycles. The highest BCUT2D eigenvalue weighted by Gasteiger charge is 2.19. The van der Waals surface area contributed by atoms with E-state index >= 15 is 0 Å². The molecule has 2 rings (SSSR count). The number of carbonyl (C=O) groups excluding carboxylic acids is 1. The zero-order valence-electron chi connectivity index (χ0n) is 12.7. The van der Waals surface area contributed by atoms with Crippen molar-refractivity contribution in [1.82, 2.24) is 10.2 Å². The van der Waals surface area contributed by atoms with Crippen molar-refractivity contribution in [2.45, 2.75) is 25.9 Å². The van der Waals surface area contributed by atoms with Gasteiger partial charge in [-0.15, -0.1) is 0 Å². The van der Waals surface area contributed by atoms with Crippen LogP contribution in [-0.4, -0.2) is 49.7 Å². The van der Waals surface area contributed by atoms with Crippen molar-refractivity contribution in [3.8, 4) is 0 Å². The summed E-state index contributed by atoms with van der Waals surface area (Å²) >= 11 is 0. The number of likely N-dealkylation sites (N-methyl/N-ethyl adjacent to an activating group) is 1. The number of benzene rings is 1. The fraction of sp³-hybridized carbons (Fsp3) is 0.562. The SMILES string of the molecule is CCN1CCOC(CNC(=O)CCc2ccc(N)cc2)C1. The minimum absolute atomic E-state index is 0.0732. The number of hydrogen-bond donors (Lipinski definition) is 2. The molecule has 0 saturated carbocycles. The van der Waals surface area contributed by atoms with E-state index in [0.717, 1.165) is 43.9 Å². The zero-order valence-corrected chi connectivity index (χ0v) is 12.7. The van der Waals surface area contributed by atoms with Crippen LogP contribution in [0, 0.1) is 0 Å². The van der Waals surface area contributed by atoms with E-state index in [0.29, 0.717) is 13.0 Å². The van der Waals surface area contributed by atoms with E-state index in [1.165, 1.54) is 0 Å². The van der Waals surface area contributed by atoms with Gasteiger partial charge in [-0.1, -0.05) is 19.1 Å². The van der Waals surface area contributed by atoms with E-state index in [2.05, 4.69) is 17.1 Å². The van der Waals surface area contributed by atoms with E-state index in [9.17, 15) is 4.79 Å². The van der Waals surface area contributed by atoms with Crippen molar-refractivity contribution in [2.75, 3.05) is 38.5 Å². The Labute approximate surface area is 126 Å². The first-order valence-corrected chi connectivity index (χ1v) is 7.62. The van der Waals surface area contributed by atoms with Crippen LogP contribution in [-0.2, 0) is 16.0 Å². The van der Waals surface area contributed by atoms with Crippen LogP contribution < -0.4 is 11.1 Å². The van der Waals surface area contributed by atoms with E-state index in [4.69, 9.17) is 10.5 Å². The normalized spacial score (nSPS) is 19.4. The first-order chi connectivity index (χ1) is 10.2. The summed E-state index contributed by atoms with van der Waals surface area (Å²) in [6.45, 7) is 6.40. The predicted molar refractivity (Wildman–Crippen MR) is 84.0 cm³/mol. The summed E-state index contributed by atoms with van der Waals surface area (Å²) in [5, 5.41) is 2.96. The minimum Gasteiger partial charge on any atom is -0.399 e. The fourth-order valence-corrected chi connectivity index (χ4v) is 2.45. The smallest absolute Gasteiger partial charge is 0.220 e. The monoisotopic (exact) mass is 291 g/mol. The van der Waals surface area contributed by atoms with Crippen LogP contribution in [0.25, 0.3) is 0 Å². The molecule has 0 radical (unpaired) electrons. The number of ether oxygens (including phenoxy) is 1. The molecule has 1 atom stereocenters. The number of nitrogens with zero attached hydrogens (tertiary/aromatic N) is 1. The van der Waals surface area contributed by atoms with Crippen LogP contribution in [0.1, 0.15) is 18.9 Å². The number of hydrogen-bond acceptors (Lipinski definition) is 4. The molecular weight excluding hydrogens is 266 g/mol. The second kappa shape index (κ2) is 8.00. The molecule has 21 heavy (non-hydrogen) atoms. The van der Waals surface area contributed by atoms with Crippen LogP contribution in [0.2, 0.25) is 0 Å². The number of rotatable bonds is 6. The zero-order chi connectivity index (χ0) is 15.1. The van der Waals surface area contributed by atoms with Crippen LogP contribution >= 0.6 is 0 Å². The van der Waals surface area contributed by atoms with Crippen molar-refractivity contribution in [1.29, 1.82) is 0 Å². The number of morpholine rings is 1. The molecule has 1 saturated heterocycles. The summed E-state index contributed by atoms with van der Waals surface area (Å²) in [6, 6.07) is 7.66. The van der Waals surface area contributed by atoms with Crippen molar-refractivity contribution < 1.29 is 9.53 Å². The highest BCUT2D eigenvalue weighted by Crippen LogP contribution is 2.08. The van der Waals surface area contributed by atoms with Gasteiger partial charge >= 0.3 is 0 Å². The van der Waals surface area contributed by atoms with Gasteiger partial charge < -0.3 is 15.8 Å². The molecule has 0 aromatic heterocycles. The highest BCUT2D eigenvalue weighted by atomic mass is 16.5. The third kappa shape index (κ3) is 5.36. The van der Waals surface area contributed by atoms with E-state index in [1.807, 2.05) is 24.3 Å². The van der Waals surface area contributed by atoms with E-state index in [-0.39, 0.29) is 12.0 Å². The Bertz CT molecular complexity index is 447. The lowest BCUT2D eigenvalue weighted by Gasteiger charge is -2.32. The van der Waals surface area contributed by atoms with Crippen molar-refractivity contribution in [3.63, 3.8) is 0 Å². The Morgan fingerprint density at radius 1 is 1.43 bits per heavy atom. The number of aryl methyl sites for hydroxylation is 1. The molecule has 1 aromatic carbocycles. The van der Waals surface area contributed by atoms with Crippen molar-refractivity contribution in [2.24, 2.45) is 0 Å². The molecule has 1 unspecified atom stereocenters. The second-order valence-electron chi connectivity index (χ2n) is 5.43. The molecule has 0 bridgehead atoms. The molecule has 116 valence electrons. The van der Waals surface area contributed by atoms with E-state index < -0.39 is 0 Å². The summed E-state index contributed by atoms with van der Waals surface area (Å²) in [5.74, 6) is 0.0732. The summed E-state index contributed by atoms with van der Waals surface area (Å²) in [5.41, 5.74) is 7.52. The van der Waals surface area contributed by atoms with Gasteiger partial charge in [-0.25, -0.2) is 0 Å². The van der Waals surface area contributed by atoms with Gasteiger partial charge in [0.2, 0.25) is 5.91 Å². The maximum atomic E-state index is 11.9. The van der Waals surface area contributed by atoms with Crippen LogP contribution in [0.15, 0.2) is 24.3 Å². The summed E-state index contributed by atoms with van der Waals surface area (Å²) in [4.78, 5) is 14.2.